The van der Waals surface area contributed by atoms with Crippen molar-refractivity contribution < 1.29 is 43.2 Å². The highest BCUT2D eigenvalue weighted by molar-refractivity contribution is 6.02. The third-order valence-electron chi connectivity index (χ3n) is 8.85. The lowest BCUT2D eigenvalue weighted by Crippen LogP contribution is -2.75. The summed E-state index contributed by atoms with van der Waals surface area (Å²) in [6.07, 6.45) is 4.05. The van der Waals surface area contributed by atoms with Gasteiger partial charge >= 0.3 is 18.0 Å². The van der Waals surface area contributed by atoms with E-state index in [1.165, 1.54) is 21.3 Å². The number of carbonyl (C=O) groups is 3. The molecule has 6 rings (SSSR count). The Balaban J connectivity index is 1.71. The zero-order valence-corrected chi connectivity index (χ0v) is 20.3. The van der Waals surface area contributed by atoms with Gasteiger partial charge in [0, 0.05) is 23.9 Å². The maximum atomic E-state index is 13.5. The Morgan fingerprint density at radius 1 is 1.06 bits per heavy atom. The molecular formula is C25H28N2O9. The number of benzene rings is 1. The van der Waals surface area contributed by atoms with Gasteiger partial charge in [-0.2, -0.15) is 0 Å². The van der Waals surface area contributed by atoms with Crippen LogP contribution in [0.25, 0.3) is 0 Å². The summed E-state index contributed by atoms with van der Waals surface area (Å²) in [4.78, 5) is 43.3. The summed E-state index contributed by atoms with van der Waals surface area (Å²) < 4.78 is 26.8. The zero-order chi connectivity index (χ0) is 25.5. The topological polar surface area (TPSA) is 124 Å². The van der Waals surface area contributed by atoms with Crippen LogP contribution in [0.15, 0.2) is 24.3 Å². The molecule has 1 N–H and O–H groups in total. The number of esters is 2. The van der Waals surface area contributed by atoms with Gasteiger partial charge in [-0.1, -0.05) is 18.2 Å². The zero-order valence-electron chi connectivity index (χ0n) is 20.3. The van der Waals surface area contributed by atoms with E-state index < -0.39 is 40.6 Å². The smallest absolute Gasteiger partial charge is 0.417 e. The van der Waals surface area contributed by atoms with Crippen LogP contribution in [0.2, 0.25) is 0 Å². The van der Waals surface area contributed by atoms with E-state index in [0.29, 0.717) is 37.2 Å². The molecule has 4 aliphatic heterocycles. The largest absolute Gasteiger partial charge is 0.468 e. The quantitative estimate of drug-likeness (QED) is 0.361. The fraction of sp³-hybridized carbons (Fsp3) is 0.560. The molecule has 1 aromatic carbocycles. The summed E-state index contributed by atoms with van der Waals surface area (Å²) >= 11 is 0. The summed E-state index contributed by atoms with van der Waals surface area (Å²) in [7, 11) is 3.71. The predicted molar refractivity (Wildman–Crippen MR) is 122 cm³/mol. The molecule has 11 heteroatoms. The molecule has 1 saturated heterocycles. The molecule has 0 aromatic heterocycles. The summed E-state index contributed by atoms with van der Waals surface area (Å²) in [5.74, 6) is -1.56. The second-order valence-corrected chi connectivity index (χ2v) is 9.93. The van der Waals surface area contributed by atoms with E-state index >= 15 is 0 Å². The van der Waals surface area contributed by atoms with Crippen LogP contribution in [0.4, 0.5) is 10.5 Å². The van der Waals surface area contributed by atoms with Crippen LogP contribution >= 0.6 is 0 Å². The van der Waals surface area contributed by atoms with Crippen molar-refractivity contribution in [3.05, 3.63) is 29.8 Å². The minimum absolute atomic E-state index is 0.0850. The lowest BCUT2D eigenvalue weighted by Gasteiger charge is -2.62. The molecule has 0 radical (unpaired) electrons. The van der Waals surface area contributed by atoms with Gasteiger partial charge < -0.3 is 28.8 Å². The van der Waals surface area contributed by atoms with Crippen LogP contribution in [0.5, 0.6) is 11.5 Å². The van der Waals surface area contributed by atoms with Gasteiger partial charge in [-0.3, -0.25) is 9.69 Å². The van der Waals surface area contributed by atoms with Crippen LogP contribution in [0.3, 0.4) is 0 Å². The molecule has 2 fully saturated rings. The molecule has 1 amide bonds. The van der Waals surface area contributed by atoms with Gasteiger partial charge in [-0.05, 0) is 37.4 Å². The van der Waals surface area contributed by atoms with Crippen molar-refractivity contribution >= 4 is 23.7 Å². The highest BCUT2D eigenvalue weighted by atomic mass is 16.7. The van der Waals surface area contributed by atoms with Crippen molar-refractivity contribution in [1.29, 1.82) is 0 Å². The number of hydrogen-bond donors (Lipinski definition) is 1. The number of nitrogens with zero attached hydrogens (tertiary/aromatic N) is 2. The van der Waals surface area contributed by atoms with Crippen LogP contribution in [-0.2, 0) is 29.2 Å². The van der Waals surface area contributed by atoms with E-state index in [2.05, 4.69) is 4.90 Å². The van der Waals surface area contributed by atoms with Gasteiger partial charge in [0.1, 0.15) is 11.1 Å². The molecule has 11 nitrogen and oxygen atoms in total. The lowest BCUT2D eigenvalue weighted by atomic mass is 9.47. The number of carbonyl (C=O) groups excluding carboxylic acids is 3. The number of rotatable bonds is 2. The molecule has 1 aliphatic carbocycles. The molecule has 36 heavy (non-hydrogen) atoms. The summed E-state index contributed by atoms with van der Waals surface area (Å²) in [6, 6.07) is 3.18. The van der Waals surface area contributed by atoms with Crippen molar-refractivity contribution in [3.8, 4) is 11.5 Å². The Labute approximate surface area is 207 Å². The number of hydrogen-bond acceptors (Lipinski definition) is 10. The van der Waals surface area contributed by atoms with Gasteiger partial charge in [0.25, 0.3) is 5.72 Å². The highest BCUT2D eigenvalue weighted by Crippen LogP contribution is 2.68. The van der Waals surface area contributed by atoms with Crippen molar-refractivity contribution in [2.45, 2.75) is 36.4 Å². The second-order valence-electron chi connectivity index (χ2n) is 9.93. The molecule has 1 spiro atoms. The van der Waals surface area contributed by atoms with E-state index in [9.17, 15) is 19.5 Å². The molecule has 1 saturated carbocycles. The van der Waals surface area contributed by atoms with Crippen LogP contribution < -0.4 is 14.4 Å². The van der Waals surface area contributed by atoms with E-state index in [1.54, 1.807) is 6.07 Å². The molecule has 4 heterocycles. The molecule has 192 valence electrons. The maximum absolute atomic E-state index is 13.5. The Kier molecular flexibility index (Phi) is 4.88. The number of ether oxygens (including phenoxy) is 5. The minimum Gasteiger partial charge on any atom is -0.468 e. The first-order valence-electron chi connectivity index (χ1n) is 11.9. The van der Waals surface area contributed by atoms with Crippen molar-refractivity contribution in [1.82, 2.24) is 4.90 Å². The van der Waals surface area contributed by atoms with Gasteiger partial charge in [0.2, 0.25) is 6.79 Å². The normalized spacial score (nSPS) is 35.4. The fourth-order valence-electron chi connectivity index (χ4n) is 7.71. The molecule has 0 bridgehead atoms. The van der Waals surface area contributed by atoms with E-state index in [4.69, 9.17) is 23.7 Å². The first kappa shape index (κ1) is 23.1. The summed E-state index contributed by atoms with van der Waals surface area (Å²) in [5, 5.41) is 12.4. The monoisotopic (exact) mass is 500 g/mol. The number of fused-ring (bicyclic) bond motifs is 3. The number of anilines is 1. The standard InChI is InChI=1S/C25H28N2O9/c1-32-20(28)23-8-4-11-26-12-10-24(19(23)26)14-5-6-15-18(36-13-35-15)17(14)27(22(30)34-3)25(31,21(29)33-2)16(24)7-9-23/h4-6,8,16,19,31H,7,9-13H2,1-3H3/t16-,19+,23+,24+,25+/m1/s1. The molecular weight excluding hydrogens is 472 g/mol. The minimum atomic E-state index is -2.42. The predicted octanol–water partition coefficient (Wildman–Crippen LogP) is 1.31. The average molecular weight is 501 g/mol. The van der Waals surface area contributed by atoms with E-state index in [0.717, 1.165) is 4.90 Å². The van der Waals surface area contributed by atoms with E-state index in [-0.39, 0.29) is 30.6 Å². The highest BCUT2D eigenvalue weighted by Gasteiger charge is 2.75. The third-order valence-corrected chi connectivity index (χ3v) is 8.85. The van der Waals surface area contributed by atoms with Crippen LogP contribution in [0.1, 0.15) is 24.8 Å². The van der Waals surface area contributed by atoms with Gasteiger partial charge in [-0.15, -0.1) is 0 Å². The van der Waals surface area contributed by atoms with Gasteiger partial charge in [-0.25, -0.2) is 14.5 Å². The Morgan fingerprint density at radius 2 is 1.83 bits per heavy atom. The molecule has 0 unspecified atom stereocenters. The maximum Gasteiger partial charge on any atom is 0.417 e. The fourth-order valence-corrected chi connectivity index (χ4v) is 7.71. The van der Waals surface area contributed by atoms with Gasteiger partial charge in [0.15, 0.2) is 11.5 Å². The second kappa shape index (κ2) is 7.59. The summed E-state index contributed by atoms with van der Waals surface area (Å²) in [5.41, 5.74) is -3.45. The van der Waals surface area contributed by atoms with Crippen molar-refractivity contribution in [2.24, 2.45) is 11.3 Å². The van der Waals surface area contributed by atoms with E-state index in [1.807, 2.05) is 18.2 Å². The van der Waals surface area contributed by atoms with Crippen molar-refractivity contribution in [2.75, 3.05) is 46.1 Å². The third kappa shape index (κ3) is 2.47. The molecule has 5 atom stereocenters. The Morgan fingerprint density at radius 3 is 2.56 bits per heavy atom. The van der Waals surface area contributed by atoms with Gasteiger partial charge in [0.05, 0.1) is 21.3 Å². The molecule has 1 aromatic rings. The summed E-state index contributed by atoms with van der Waals surface area (Å²) in [6.45, 7) is 1.14. The first-order chi connectivity index (χ1) is 17.3. The van der Waals surface area contributed by atoms with Crippen molar-refractivity contribution in [3.63, 3.8) is 0 Å². The van der Waals surface area contributed by atoms with Crippen LogP contribution in [-0.4, -0.2) is 81.0 Å². The number of aliphatic hydroxyl groups is 1. The Bertz CT molecular complexity index is 1200. The number of methoxy groups -OCH3 is 3. The molecule has 5 aliphatic rings. The van der Waals surface area contributed by atoms with Crippen LogP contribution in [0, 0.1) is 11.3 Å². The number of amides is 1. The SMILES string of the molecule is COC(=O)N1c2c(ccc3c2OCO3)[C@@]23CCN4CC=C[C@](C(=O)OC)(CC[C@H]2[C@]1(O)C(=O)OC)[C@H]43. The average Bonchev–Trinajstić information content (AvgIpc) is 3.54. The lowest BCUT2D eigenvalue weighted by molar-refractivity contribution is -0.184. The Hall–Kier alpha value is -3.31. The first-order valence-corrected chi connectivity index (χ1v) is 11.9.